The van der Waals surface area contributed by atoms with Crippen molar-refractivity contribution in [2.24, 2.45) is 5.92 Å². The van der Waals surface area contributed by atoms with E-state index < -0.39 is 17.3 Å². The number of amides is 1. The molecule has 2 rings (SSSR count). The number of nitrogens with one attached hydrogen (secondary N) is 1. The van der Waals surface area contributed by atoms with Gasteiger partial charge in [-0.15, -0.1) is 0 Å². The molecule has 2 fully saturated rings. The number of fused-ring (bicyclic) bond motifs is 1. The molecule has 2 saturated heterocycles. The Morgan fingerprint density at radius 1 is 1.55 bits per heavy atom. The van der Waals surface area contributed by atoms with Gasteiger partial charge in [0.05, 0.1) is 0 Å². The van der Waals surface area contributed by atoms with E-state index in [0.29, 0.717) is 13.7 Å². The van der Waals surface area contributed by atoms with Crippen molar-refractivity contribution in [2.75, 3.05) is 13.0 Å². The second-order valence-electron chi connectivity index (χ2n) is 4.99. The summed E-state index contributed by atoms with van der Waals surface area (Å²) in [6.45, 7) is 1.56. The van der Waals surface area contributed by atoms with Gasteiger partial charge >= 0.3 is 114 Å². The van der Waals surface area contributed by atoms with Crippen LogP contribution in [0.15, 0.2) is 0 Å². The molecule has 2 aliphatic rings. The molecule has 104 valence electrons. The third kappa shape index (κ3) is 2.37. The number of carbonyl (C=O) groups excluding carboxylic acids is 3. The number of β-lactam (4-membered cyclic amide) rings is 1. The molecule has 0 bridgehead atoms. The Morgan fingerprint density at radius 2 is 2.25 bits per heavy atom. The number of nitrogens with zero attached hydrogens (tertiary/aromatic N) is 3. The van der Waals surface area contributed by atoms with Crippen LogP contribution in [0.2, 0.25) is 0 Å². The van der Waals surface area contributed by atoms with Crippen LogP contribution in [-0.4, -0.2) is 65.1 Å². The van der Waals surface area contributed by atoms with Crippen molar-refractivity contribution in [3.63, 3.8) is 0 Å². The van der Waals surface area contributed by atoms with Crippen LogP contribution in [0.3, 0.4) is 0 Å². The van der Waals surface area contributed by atoms with Gasteiger partial charge in [-0.25, -0.2) is 0 Å². The molecule has 8 nitrogen and oxygen atoms in total. The van der Waals surface area contributed by atoms with Crippen molar-refractivity contribution in [3.05, 3.63) is 5.53 Å². The summed E-state index contributed by atoms with van der Waals surface area (Å²) in [5.41, 5.74) is 8.19. The molecule has 3 atom stereocenters. The predicted octanol–water partition coefficient (Wildman–Crippen LogP) is -1.99. The summed E-state index contributed by atoms with van der Waals surface area (Å²) in [5.74, 6) is -1.51. The Labute approximate surface area is 115 Å². The quantitative estimate of drug-likeness (QED) is 0.150. The summed E-state index contributed by atoms with van der Waals surface area (Å²) in [6, 6.07) is -0.580. The maximum absolute atomic E-state index is 11.9. The molecule has 9 heteroatoms. The average Bonchev–Trinajstić information content (AvgIpc) is 2.61. The second kappa shape index (κ2) is 5.56. The Hall–Kier alpha value is -1.99. The van der Waals surface area contributed by atoms with Crippen LogP contribution in [0, 0.1) is 5.92 Å². The molecule has 2 unspecified atom stereocenters. The fraction of sp³-hybridized carbons (Fsp3) is 0.636. The van der Waals surface area contributed by atoms with Crippen LogP contribution >= 0.6 is 0 Å². The van der Waals surface area contributed by atoms with Gasteiger partial charge in [0, 0.05) is 0 Å². The molecule has 2 aliphatic heterocycles. The molecule has 0 spiro atoms. The van der Waals surface area contributed by atoms with Gasteiger partial charge in [-0.05, 0) is 0 Å². The molecular formula is C11H13BN4O4. The van der Waals surface area contributed by atoms with E-state index >= 15 is 0 Å². The number of Topliss-reactive ketones (excluding diaryl/α,β-unsaturated/α-hetero) is 2. The van der Waals surface area contributed by atoms with E-state index in [9.17, 15) is 19.1 Å². The summed E-state index contributed by atoms with van der Waals surface area (Å²) < 4.78 is 10.6. The summed E-state index contributed by atoms with van der Waals surface area (Å²) in [4.78, 5) is 38.9. The van der Waals surface area contributed by atoms with Gasteiger partial charge in [0.15, 0.2) is 0 Å². The van der Waals surface area contributed by atoms with Gasteiger partial charge in [-0.3, -0.25) is 0 Å². The molecule has 0 aliphatic carbocycles. The van der Waals surface area contributed by atoms with Crippen LogP contribution < -0.4 is 5.32 Å². The third-order valence-corrected chi connectivity index (χ3v) is 3.74. The van der Waals surface area contributed by atoms with Crippen LogP contribution in [-0.2, 0) is 19.1 Å². The zero-order chi connectivity index (χ0) is 14.9. The molecule has 0 saturated carbocycles. The standard InChI is InChI=1S/C11H13BN4O4/c1-5(17)8(15-13)7(18)2-6-3-16(4-12-20)10-9(6)14-11(10)19/h6,9-10H,2-4H2,1H3,(H,14,19)/t6?,9-,10?/m1/s1. The average molecular weight is 276 g/mol. The SMILES string of the molecule is CC(=O)C(=[N+]=[N-])C(=O)CC1CN(CB=O)C2C(=O)N[C@H]12. The number of hydrogen-bond donors (Lipinski definition) is 1. The number of ketones is 2. The molecule has 1 amide bonds. The van der Waals surface area contributed by atoms with Gasteiger partial charge in [0.2, 0.25) is 0 Å². The van der Waals surface area contributed by atoms with E-state index in [2.05, 4.69) is 10.1 Å². The number of likely N-dealkylation sites (tertiary alicyclic amines) is 1. The maximum atomic E-state index is 11.9. The molecular weight excluding hydrogens is 263 g/mol. The van der Waals surface area contributed by atoms with Crippen LogP contribution in [0.25, 0.3) is 5.53 Å². The second-order valence-corrected chi connectivity index (χ2v) is 4.99. The third-order valence-electron chi connectivity index (χ3n) is 3.74. The Bertz CT molecular complexity index is 543. The molecule has 20 heavy (non-hydrogen) atoms. The molecule has 0 aromatic carbocycles. The zero-order valence-electron chi connectivity index (χ0n) is 10.9. The first-order valence-corrected chi connectivity index (χ1v) is 6.23. The Morgan fingerprint density at radius 3 is 2.75 bits per heavy atom. The van der Waals surface area contributed by atoms with Crippen LogP contribution in [0.1, 0.15) is 13.3 Å². The van der Waals surface area contributed by atoms with Crippen molar-refractivity contribution in [1.29, 1.82) is 0 Å². The summed E-state index contributed by atoms with van der Waals surface area (Å²) in [7, 11) is 0.711. The number of hydrogen-bond acceptors (Lipinski definition) is 5. The normalized spacial score (nSPS) is 27.6. The number of carbonyl (C=O) groups is 3. The van der Waals surface area contributed by atoms with E-state index in [-0.39, 0.29) is 36.8 Å². The van der Waals surface area contributed by atoms with E-state index in [1.165, 1.54) is 0 Å². The molecule has 0 radical (unpaired) electrons. The molecule has 0 aromatic heterocycles. The zero-order valence-corrected chi connectivity index (χ0v) is 10.9. The summed E-state index contributed by atoms with van der Waals surface area (Å²) in [6.07, 6.45) is 0.128. The Balaban J connectivity index is 2.06. The monoisotopic (exact) mass is 276 g/mol. The summed E-state index contributed by atoms with van der Waals surface area (Å²) >= 11 is 0. The first kappa shape index (κ1) is 14.4. The minimum atomic E-state index is -0.602. The summed E-state index contributed by atoms with van der Waals surface area (Å²) in [5, 5.41) is 2.70. The van der Waals surface area contributed by atoms with E-state index in [1.54, 1.807) is 4.90 Å². The number of rotatable bonds is 6. The van der Waals surface area contributed by atoms with Crippen molar-refractivity contribution in [3.8, 4) is 0 Å². The topological polar surface area (TPSA) is 120 Å². The predicted molar refractivity (Wildman–Crippen MR) is 66.2 cm³/mol. The minimum absolute atomic E-state index is 0.00419. The van der Waals surface area contributed by atoms with Gasteiger partial charge in [0.25, 0.3) is 0 Å². The van der Waals surface area contributed by atoms with E-state index in [1.807, 2.05) is 0 Å². The van der Waals surface area contributed by atoms with Crippen molar-refractivity contribution in [2.45, 2.75) is 25.4 Å². The van der Waals surface area contributed by atoms with E-state index in [4.69, 9.17) is 5.53 Å². The van der Waals surface area contributed by atoms with Gasteiger partial charge in [-0.2, -0.15) is 0 Å². The van der Waals surface area contributed by atoms with Gasteiger partial charge in [0.1, 0.15) is 0 Å². The van der Waals surface area contributed by atoms with Crippen molar-refractivity contribution >= 4 is 30.3 Å². The molecule has 1 N–H and O–H groups in total. The van der Waals surface area contributed by atoms with Crippen LogP contribution in [0.5, 0.6) is 0 Å². The fourth-order valence-corrected chi connectivity index (χ4v) is 2.83. The van der Waals surface area contributed by atoms with Crippen molar-refractivity contribution in [1.82, 2.24) is 10.2 Å². The fourth-order valence-electron chi connectivity index (χ4n) is 2.83. The van der Waals surface area contributed by atoms with Crippen molar-refractivity contribution < 1.29 is 23.9 Å². The van der Waals surface area contributed by atoms with Gasteiger partial charge < -0.3 is 0 Å². The van der Waals surface area contributed by atoms with Crippen LogP contribution in [0.4, 0.5) is 0 Å². The molecule has 0 aromatic rings. The molecule has 2 heterocycles. The van der Waals surface area contributed by atoms with E-state index in [0.717, 1.165) is 6.92 Å². The Kier molecular flexibility index (Phi) is 4.01. The first-order chi connectivity index (χ1) is 9.49. The first-order valence-electron chi connectivity index (χ1n) is 6.23. The van der Waals surface area contributed by atoms with Gasteiger partial charge in [-0.1, -0.05) is 0 Å².